The fourth-order valence-electron chi connectivity index (χ4n) is 2.00. The summed E-state index contributed by atoms with van der Waals surface area (Å²) in [4.78, 5) is 15.5. The van der Waals surface area contributed by atoms with Crippen molar-refractivity contribution in [1.29, 1.82) is 0 Å². The van der Waals surface area contributed by atoms with Gasteiger partial charge >= 0.3 is 5.97 Å². The Morgan fingerprint density at radius 2 is 2.25 bits per heavy atom. The van der Waals surface area contributed by atoms with Crippen LogP contribution in [0.2, 0.25) is 0 Å². The van der Waals surface area contributed by atoms with Crippen LogP contribution in [0.1, 0.15) is 38.7 Å². The molecule has 1 aromatic rings. The predicted octanol–water partition coefficient (Wildman–Crippen LogP) is 1.83. The van der Waals surface area contributed by atoms with E-state index in [1.165, 1.54) is 0 Å². The summed E-state index contributed by atoms with van der Waals surface area (Å²) in [5, 5.41) is 8.99. The second-order valence-electron chi connectivity index (χ2n) is 5.51. The number of hydrogen-bond acceptors (Lipinski definition) is 2. The van der Waals surface area contributed by atoms with Gasteiger partial charge in [-0.25, -0.2) is 4.98 Å². The summed E-state index contributed by atoms with van der Waals surface area (Å²) >= 11 is 0. The Kier molecular flexibility index (Phi) is 2.52. The van der Waals surface area contributed by atoms with E-state index in [0.717, 1.165) is 18.1 Å². The molecular formula is C12H18N2O2. The number of imidazole rings is 1. The van der Waals surface area contributed by atoms with Gasteiger partial charge < -0.3 is 9.67 Å². The van der Waals surface area contributed by atoms with Crippen molar-refractivity contribution in [2.75, 3.05) is 0 Å². The maximum atomic E-state index is 10.9. The molecule has 2 heterocycles. The van der Waals surface area contributed by atoms with E-state index >= 15 is 0 Å². The molecule has 0 radical (unpaired) electrons. The Morgan fingerprint density at radius 3 is 2.81 bits per heavy atom. The SMILES string of the molecule is CC(C)(C)c1cn2c(n1)CC(C(=O)O)CC2. The molecule has 1 aromatic heterocycles. The molecule has 2 rings (SSSR count). The van der Waals surface area contributed by atoms with E-state index in [1.54, 1.807) is 0 Å². The van der Waals surface area contributed by atoms with Gasteiger partial charge in [-0.3, -0.25) is 4.79 Å². The zero-order chi connectivity index (χ0) is 11.9. The third kappa shape index (κ3) is 1.96. The lowest BCUT2D eigenvalue weighted by atomic mass is 9.93. The smallest absolute Gasteiger partial charge is 0.307 e. The molecule has 88 valence electrons. The molecule has 0 bridgehead atoms. The molecule has 4 nitrogen and oxygen atoms in total. The fourth-order valence-corrected chi connectivity index (χ4v) is 2.00. The van der Waals surface area contributed by atoms with Crippen LogP contribution in [-0.4, -0.2) is 20.6 Å². The van der Waals surface area contributed by atoms with Crippen LogP contribution in [0.15, 0.2) is 6.20 Å². The number of aryl methyl sites for hydroxylation is 1. The summed E-state index contributed by atoms with van der Waals surface area (Å²) in [6.07, 6.45) is 3.33. The molecule has 0 spiro atoms. The second-order valence-corrected chi connectivity index (χ2v) is 5.51. The minimum Gasteiger partial charge on any atom is -0.481 e. The number of carboxylic acids is 1. The van der Waals surface area contributed by atoms with Crippen LogP contribution in [-0.2, 0) is 23.2 Å². The lowest BCUT2D eigenvalue weighted by molar-refractivity contribution is -0.142. The van der Waals surface area contributed by atoms with Crippen LogP contribution in [0.3, 0.4) is 0 Å². The lowest BCUT2D eigenvalue weighted by Gasteiger charge is -2.19. The second kappa shape index (κ2) is 3.61. The van der Waals surface area contributed by atoms with Gasteiger partial charge in [0.15, 0.2) is 0 Å². The quantitative estimate of drug-likeness (QED) is 0.788. The molecular weight excluding hydrogens is 204 g/mol. The first-order valence-electron chi connectivity index (χ1n) is 5.67. The van der Waals surface area contributed by atoms with E-state index in [9.17, 15) is 4.79 Å². The van der Waals surface area contributed by atoms with Crippen molar-refractivity contribution in [3.63, 3.8) is 0 Å². The predicted molar refractivity (Wildman–Crippen MR) is 60.4 cm³/mol. The number of carbonyl (C=O) groups is 1. The van der Waals surface area contributed by atoms with E-state index < -0.39 is 5.97 Å². The number of fused-ring (bicyclic) bond motifs is 1. The highest BCUT2D eigenvalue weighted by molar-refractivity contribution is 5.70. The third-order valence-corrected chi connectivity index (χ3v) is 3.12. The molecule has 1 atom stereocenters. The topological polar surface area (TPSA) is 55.1 Å². The van der Waals surface area contributed by atoms with Crippen molar-refractivity contribution >= 4 is 5.97 Å². The van der Waals surface area contributed by atoms with E-state index in [1.807, 2.05) is 0 Å². The molecule has 0 saturated carbocycles. The van der Waals surface area contributed by atoms with Crippen LogP contribution < -0.4 is 0 Å². The van der Waals surface area contributed by atoms with Crippen LogP contribution in [0.5, 0.6) is 0 Å². The number of rotatable bonds is 1. The summed E-state index contributed by atoms with van der Waals surface area (Å²) in [5.41, 5.74) is 1.08. The van der Waals surface area contributed by atoms with E-state index in [-0.39, 0.29) is 11.3 Å². The fraction of sp³-hybridized carbons (Fsp3) is 0.667. The summed E-state index contributed by atoms with van der Waals surface area (Å²) in [7, 11) is 0. The number of aromatic nitrogens is 2. The zero-order valence-corrected chi connectivity index (χ0v) is 10.0. The van der Waals surface area contributed by atoms with Gasteiger partial charge in [-0.2, -0.15) is 0 Å². The largest absolute Gasteiger partial charge is 0.481 e. The molecule has 0 saturated heterocycles. The normalized spacial score (nSPS) is 20.6. The first-order valence-corrected chi connectivity index (χ1v) is 5.67. The highest BCUT2D eigenvalue weighted by atomic mass is 16.4. The molecule has 0 fully saturated rings. The Labute approximate surface area is 95.3 Å². The van der Waals surface area contributed by atoms with Crippen molar-refractivity contribution in [2.45, 2.75) is 45.6 Å². The van der Waals surface area contributed by atoms with Crippen LogP contribution in [0.4, 0.5) is 0 Å². The first-order chi connectivity index (χ1) is 7.38. The zero-order valence-electron chi connectivity index (χ0n) is 10.0. The van der Waals surface area contributed by atoms with Gasteiger partial charge in [0.1, 0.15) is 5.82 Å². The maximum absolute atomic E-state index is 10.9. The minimum absolute atomic E-state index is 0.0308. The molecule has 0 aliphatic carbocycles. The molecule has 1 aliphatic rings. The summed E-state index contributed by atoms with van der Waals surface area (Å²) in [5.74, 6) is -0.0437. The molecule has 4 heteroatoms. The van der Waals surface area contributed by atoms with Crippen LogP contribution >= 0.6 is 0 Å². The Morgan fingerprint density at radius 1 is 1.56 bits per heavy atom. The molecule has 0 aromatic carbocycles. The number of carboxylic acid groups (broad SMARTS) is 1. The maximum Gasteiger partial charge on any atom is 0.307 e. The van der Waals surface area contributed by atoms with Gasteiger partial charge in [-0.05, 0) is 6.42 Å². The van der Waals surface area contributed by atoms with Gasteiger partial charge in [0.2, 0.25) is 0 Å². The van der Waals surface area contributed by atoms with Crippen molar-refractivity contribution in [1.82, 2.24) is 9.55 Å². The van der Waals surface area contributed by atoms with E-state index in [0.29, 0.717) is 12.8 Å². The molecule has 16 heavy (non-hydrogen) atoms. The van der Waals surface area contributed by atoms with Gasteiger partial charge in [0.05, 0.1) is 11.6 Å². The summed E-state index contributed by atoms with van der Waals surface area (Å²) < 4.78 is 2.10. The van der Waals surface area contributed by atoms with Crippen LogP contribution in [0.25, 0.3) is 0 Å². The number of hydrogen-bond donors (Lipinski definition) is 1. The van der Waals surface area contributed by atoms with Crippen molar-refractivity contribution in [2.24, 2.45) is 5.92 Å². The van der Waals surface area contributed by atoms with Gasteiger partial charge in [-0.1, -0.05) is 20.8 Å². The average molecular weight is 222 g/mol. The lowest BCUT2D eigenvalue weighted by Crippen LogP contribution is -2.25. The standard InChI is InChI=1S/C12H18N2O2/c1-12(2,3)9-7-14-5-4-8(11(15)16)6-10(14)13-9/h7-8H,4-6H2,1-3H3,(H,15,16). The minimum atomic E-state index is -0.702. The highest BCUT2D eigenvalue weighted by Gasteiger charge is 2.27. The van der Waals surface area contributed by atoms with Gasteiger partial charge in [0, 0.05) is 24.6 Å². The molecule has 1 aliphatic heterocycles. The Bertz CT molecular complexity index is 415. The monoisotopic (exact) mass is 222 g/mol. The van der Waals surface area contributed by atoms with Crippen molar-refractivity contribution < 1.29 is 9.90 Å². The molecule has 0 amide bonds. The van der Waals surface area contributed by atoms with Crippen molar-refractivity contribution in [3.05, 3.63) is 17.7 Å². The average Bonchev–Trinajstić information content (AvgIpc) is 2.58. The van der Waals surface area contributed by atoms with E-state index in [4.69, 9.17) is 5.11 Å². The molecule has 1 N–H and O–H groups in total. The summed E-state index contributed by atoms with van der Waals surface area (Å²) in [6, 6.07) is 0. The first kappa shape index (κ1) is 11.2. The van der Waals surface area contributed by atoms with Gasteiger partial charge in [-0.15, -0.1) is 0 Å². The number of nitrogens with zero attached hydrogens (tertiary/aromatic N) is 2. The highest BCUT2D eigenvalue weighted by Crippen LogP contribution is 2.26. The van der Waals surface area contributed by atoms with E-state index in [2.05, 4.69) is 36.5 Å². The van der Waals surface area contributed by atoms with Gasteiger partial charge in [0.25, 0.3) is 0 Å². The number of aliphatic carboxylic acids is 1. The Balaban J connectivity index is 2.27. The van der Waals surface area contributed by atoms with Crippen LogP contribution in [0, 0.1) is 5.92 Å². The molecule has 1 unspecified atom stereocenters. The third-order valence-electron chi connectivity index (χ3n) is 3.12. The summed E-state index contributed by atoms with van der Waals surface area (Å²) in [6.45, 7) is 7.14. The van der Waals surface area contributed by atoms with Crippen molar-refractivity contribution in [3.8, 4) is 0 Å². The Hall–Kier alpha value is -1.32.